The Morgan fingerprint density at radius 3 is 3.25 bits per heavy atom. The third-order valence-electron chi connectivity index (χ3n) is 3.93. The molecule has 1 saturated carbocycles. The molecule has 3 rings (SSSR count). The molecule has 2 aliphatic rings. The number of piperidine rings is 1. The predicted molar refractivity (Wildman–Crippen MR) is 57.0 cm³/mol. The molecule has 86 valence electrons. The molecule has 2 fully saturated rings. The lowest BCUT2D eigenvalue weighted by atomic mass is 10.1. The number of carboxylic acid groups (broad SMARTS) is 1. The second-order valence-corrected chi connectivity index (χ2v) is 5.30. The third kappa shape index (κ3) is 1.43. The van der Waals surface area contributed by atoms with Gasteiger partial charge in [0.05, 0.1) is 6.20 Å². The van der Waals surface area contributed by atoms with Crippen molar-refractivity contribution in [1.82, 2.24) is 15.1 Å². The van der Waals surface area contributed by atoms with Gasteiger partial charge in [-0.25, -0.2) is 4.79 Å². The molecule has 2 heterocycles. The van der Waals surface area contributed by atoms with Crippen molar-refractivity contribution in [2.75, 3.05) is 13.1 Å². The summed E-state index contributed by atoms with van der Waals surface area (Å²) in [6, 6.07) is 0. The molecular weight excluding hydrogens is 206 g/mol. The molecule has 2 atom stereocenters. The lowest BCUT2D eigenvalue weighted by Crippen LogP contribution is -2.24. The van der Waals surface area contributed by atoms with Gasteiger partial charge in [-0.15, -0.1) is 0 Å². The molecule has 5 heteroatoms. The molecule has 0 bridgehead atoms. The van der Waals surface area contributed by atoms with Gasteiger partial charge in [0.2, 0.25) is 0 Å². The van der Waals surface area contributed by atoms with Crippen LogP contribution >= 0.6 is 0 Å². The number of rotatable bonds is 3. The second-order valence-electron chi connectivity index (χ2n) is 5.30. The number of H-pyrrole nitrogens is 1. The van der Waals surface area contributed by atoms with Crippen LogP contribution in [0.15, 0.2) is 6.20 Å². The largest absolute Gasteiger partial charge is 0.477 e. The zero-order chi connectivity index (χ0) is 11.3. The van der Waals surface area contributed by atoms with Gasteiger partial charge in [-0.05, 0) is 17.8 Å². The molecule has 0 amide bonds. The highest BCUT2D eigenvalue weighted by Gasteiger charge is 2.55. The van der Waals surface area contributed by atoms with Gasteiger partial charge in [0.1, 0.15) is 5.69 Å². The van der Waals surface area contributed by atoms with E-state index < -0.39 is 5.97 Å². The van der Waals surface area contributed by atoms with Crippen LogP contribution in [0.2, 0.25) is 0 Å². The maximum atomic E-state index is 10.9. The van der Waals surface area contributed by atoms with Gasteiger partial charge in [-0.3, -0.25) is 10.00 Å². The van der Waals surface area contributed by atoms with E-state index >= 15 is 0 Å². The Labute approximate surface area is 93.5 Å². The average molecular weight is 221 g/mol. The fourth-order valence-corrected chi connectivity index (χ4v) is 2.85. The van der Waals surface area contributed by atoms with Crippen molar-refractivity contribution in [2.45, 2.75) is 19.9 Å². The van der Waals surface area contributed by atoms with Gasteiger partial charge in [-0.1, -0.05) is 6.92 Å². The van der Waals surface area contributed by atoms with Gasteiger partial charge in [-0.2, -0.15) is 5.10 Å². The minimum Gasteiger partial charge on any atom is -0.477 e. The van der Waals surface area contributed by atoms with Gasteiger partial charge >= 0.3 is 5.97 Å². The first kappa shape index (κ1) is 9.84. The molecule has 0 aromatic carbocycles. The molecule has 16 heavy (non-hydrogen) atoms. The number of hydrogen-bond acceptors (Lipinski definition) is 3. The van der Waals surface area contributed by atoms with E-state index in [1.54, 1.807) is 6.20 Å². The van der Waals surface area contributed by atoms with Crippen LogP contribution in [0.4, 0.5) is 0 Å². The average Bonchev–Trinajstić information content (AvgIpc) is 2.63. The quantitative estimate of drug-likeness (QED) is 0.797. The van der Waals surface area contributed by atoms with Crippen LogP contribution in [-0.4, -0.2) is 39.3 Å². The van der Waals surface area contributed by atoms with Crippen molar-refractivity contribution < 1.29 is 9.90 Å². The maximum Gasteiger partial charge on any atom is 0.354 e. The van der Waals surface area contributed by atoms with Crippen molar-refractivity contribution >= 4 is 5.97 Å². The minimum absolute atomic E-state index is 0.228. The Balaban J connectivity index is 1.71. The maximum absolute atomic E-state index is 10.9. The molecule has 2 unspecified atom stereocenters. The Bertz CT molecular complexity index is 442. The molecule has 0 spiro atoms. The summed E-state index contributed by atoms with van der Waals surface area (Å²) in [5.41, 5.74) is 1.52. The zero-order valence-electron chi connectivity index (χ0n) is 9.23. The van der Waals surface area contributed by atoms with E-state index in [1.165, 1.54) is 6.42 Å². The number of nitrogens with zero attached hydrogens (tertiary/aromatic N) is 2. The lowest BCUT2D eigenvalue weighted by Gasteiger charge is -2.18. The molecule has 2 N–H and O–H groups in total. The van der Waals surface area contributed by atoms with Crippen molar-refractivity contribution in [3.63, 3.8) is 0 Å². The minimum atomic E-state index is -0.928. The van der Waals surface area contributed by atoms with Crippen LogP contribution in [0.25, 0.3) is 0 Å². The van der Waals surface area contributed by atoms with Crippen LogP contribution in [-0.2, 0) is 6.54 Å². The van der Waals surface area contributed by atoms with E-state index in [9.17, 15) is 4.79 Å². The third-order valence-corrected chi connectivity index (χ3v) is 3.93. The monoisotopic (exact) mass is 221 g/mol. The standard InChI is InChI=1S/C11H15N3O2/c1-11-2-8(11)5-14(6-11)4-7-3-12-13-9(7)10(15)16/h3,8H,2,4-6H2,1H3,(H,12,13)(H,15,16). The van der Waals surface area contributed by atoms with E-state index in [4.69, 9.17) is 5.11 Å². The number of likely N-dealkylation sites (tertiary alicyclic amines) is 1. The topological polar surface area (TPSA) is 69.2 Å². The molecule has 0 radical (unpaired) electrons. The normalized spacial score (nSPS) is 32.7. The number of carboxylic acids is 1. The number of nitrogens with one attached hydrogen (secondary N) is 1. The fraction of sp³-hybridized carbons (Fsp3) is 0.636. The predicted octanol–water partition coefficient (Wildman–Crippen LogP) is 0.950. The summed E-state index contributed by atoms with van der Waals surface area (Å²) in [6.45, 7) is 5.19. The van der Waals surface area contributed by atoms with E-state index in [2.05, 4.69) is 22.0 Å². The Morgan fingerprint density at radius 2 is 2.62 bits per heavy atom. The smallest absolute Gasteiger partial charge is 0.354 e. The highest BCUT2D eigenvalue weighted by molar-refractivity contribution is 5.86. The highest BCUT2D eigenvalue weighted by atomic mass is 16.4. The van der Waals surface area contributed by atoms with Crippen LogP contribution in [0.5, 0.6) is 0 Å². The summed E-state index contributed by atoms with van der Waals surface area (Å²) in [7, 11) is 0. The first-order chi connectivity index (χ1) is 7.58. The molecule has 1 aromatic rings. The Kier molecular flexibility index (Phi) is 1.89. The van der Waals surface area contributed by atoms with Crippen LogP contribution in [0.1, 0.15) is 29.4 Å². The molecule has 1 aromatic heterocycles. The summed E-state index contributed by atoms with van der Waals surface area (Å²) in [6.07, 6.45) is 2.95. The van der Waals surface area contributed by atoms with E-state index in [0.29, 0.717) is 12.0 Å². The van der Waals surface area contributed by atoms with E-state index in [1.807, 2.05) is 0 Å². The fourth-order valence-electron chi connectivity index (χ4n) is 2.85. The van der Waals surface area contributed by atoms with Crippen molar-refractivity contribution in [3.8, 4) is 0 Å². The van der Waals surface area contributed by atoms with Gasteiger partial charge in [0.25, 0.3) is 0 Å². The summed E-state index contributed by atoms with van der Waals surface area (Å²) in [4.78, 5) is 13.2. The number of aromatic carboxylic acids is 1. The van der Waals surface area contributed by atoms with Gasteiger partial charge in [0, 0.05) is 25.2 Å². The Hall–Kier alpha value is -1.36. The zero-order valence-corrected chi connectivity index (χ0v) is 9.23. The van der Waals surface area contributed by atoms with Crippen molar-refractivity contribution in [3.05, 3.63) is 17.5 Å². The molecule has 1 aliphatic heterocycles. The number of hydrogen-bond donors (Lipinski definition) is 2. The van der Waals surface area contributed by atoms with E-state index in [-0.39, 0.29) is 5.69 Å². The molecule has 1 aliphatic carbocycles. The van der Waals surface area contributed by atoms with Gasteiger partial charge < -0.3 is 5.11 Å². The highest BCUT2D eigenvalue weighted by Crippen LogP contribution is 2.57. The lowest BCUT2D eigenvalue weighted by molar-refractivity contribution is 0.0688. The van der Waals surface area contributed by atoms with Gasteiger partial charge in [0.15, 0.2) is 0 Å². The first-order valence-electron chi connectivity index (χ1n) is 5.56. The number of aromatic amines is 1. The number of carbonyl (C=O) groups is 1. The van der Waals surface area contributed by atoms with Crippen LogP contribution < -0.4 is 0 Å². The summed E-state index contributed by atoms with van der Waals surface area (Å²) in [5.74, 6) is -0.101. The summed E-state index contributed by atoms with van der Waals surface area (Å²) >= 11 is 0. The molecule has 1 saturated heterocycles. The van der Waals surface area contributed by atoms with E-state index in [0.717, 1.165) is 24.6 Å². The molecule has 5 nitrogen and oxygen atoms in total. The SMILES string of the molecule is CC12CC1CN(Cc1cn[nH]c1C(=O)O)C2. The Morgan fingerprint density at radius 1 is 1.81 bits per heavy atom. The number of fused-ring (bicyclic) bond motifs is 1. The molecular formula is C11H15N3O2. The number of aromatic nitrogens is 2. The van der Waals surface area contributed by atoms with Crippen molar-refractivity contribution in [2.24, 2.45) is 11.3 Å². The van der Waals surface area contributed by atoms with Crippen LogP contribution in [0.3, 0.4) is 0 Å². The van der Waals surface area contributed by atoms with Crippen molar-refractivity contribution in [1.29, 1.82) is 0 Å². The van der Waals surface area contributed by atoms with Crippen LogP contribution in [0, 0.1) is 11.3 Å². The first-order valence-corrected chi connectivity index (χ1v) is 5.56. The summed E-state index contributed by atoms with van der Waals surface area (Å²) < 4.78 is 0. The second kappa shape index (κ2) is 3.07. The summed E-state index contributed by atoms with van der Waals surface area (Å²) in [5, 5.41) is 15.3.